The van der Waals surface area contributed by atoms with Gasteiger partial charge in [0.05, 0.1) is 25.3 Å². The summed E-state index contributed by atoms with van der Waals surface area (Å²) >= 11 is 0. The molecule has 0 bridgehead atoms. The first-order chi connectivity index (χ1) is 29.3. The molecule has 0 radical (unpaired) electrons. The van der Waals surface area contributed by atoms with Crippen LogP contribution >= 0.6 is 0 Å². The second-order valence-corrected chi connectivity index (χ2v) is 15.5. The minimum atomic E-state index is -1.50. The van der Waals surface area contributed by atoms with E-state index in [1.54, 1.807) is 23.1 Å². The number of unbranched alkanes of at least 4 members (excludes halogenated alkanes) is 2. The maximum Gasteiger partial charge on any atom is 0.412 e. The van der Waals surface area contributed by atoms with Gasteiger partial charge in [0.25, 0.3) is 0 Å². The van der Waals surface area contributed by atoms with Crippen LogP contribution in [0.2, 0.25) is 0 Å². The largest absolute Gasteiger partial charge is 0.459 e. The van der Waals surface area contributed by atoms with E-state index in [-0.39, 0.29) is 57.3 Å². The van der Waals surface area contributed by atoms with Crippen molar-refractivity contribution >= 4 is 17.9 Å². The molecule has 3 aromatic rings. The number of carbonyl (C=O) groups excluding carboxylic acids is 2. The zero-order valence-electron chi connectivity index (χ0n) is 34.3. The second-order valence-electron chi connectivity index (χ2n) is 15.5. The van der Waals surface area contributed by atoms with Gasteiger partial charge in [-0.1, -0.05) is 66.5 Å². The number of aliphatic hydroxyl groups is 2. The Morgan fingerprint density at radius 3 is 2.47 bits per heavy atom. The number of hydrogen-bond donors (Lipinski definition) is 3. The molecule has 0 aromatic heterocycles. The van der Waals surface area contributed by atoms with Crippen LogP contribution in [-0.4, -0.2) is 85.7 Å². The minimum Gasteiger partial charge on any atom is -0.459 e. The molecule has 1 saturated carbocycles. The van der Waals surface area contributed by atoms with Crippen LogP contribution < -0.4 is 24.3 Å². The van der Waals surface area contributed by atoms with Crippen molar-refractivity contribution in [3.63, 3.8) is 0 Å². The predicted molar refractivity (Wildman–Crippen MR) is 222 cm³/mol. The van der Waals surface area contributed by atoms with Crippen LogP contribution in [0.25, 0.3) is 0 Å². The van der Waals surface area contributed by atoms with Gasteiger partial charge in [-0.15, -0.1) is 6.58 Å². The van der Waals surface area contributed by atoms with E-state index in [1.165, 1.54) is 14.2 Å². The molecular formula is C46H55N3O11. The molecule has 14 nitrogen and oxygen atoms in total. The Morgan fingerprint density at radius 2 is 1.72 bits per heavy atom. The lowest BCUT2D eigenvalue weighted by Crippen LogP contribution is -2.70. The van der Waals surface area contributed by atoms with E-state index in [1.807, 2.05) is 54.6 Å². The highest BCUT2D eigenvalue weighted by Crippen LogP contribution is 2.62. The summed E-state index contributed by atoms with van der Waals surface area (Å²) in [6.45, 7) is 4.72. The van der Waals surface area contributed by atoms with Gasteiger partial charge in [-0.2, -0.15) is 0 Å². The fourth-order valence-electron chi connectivity index (χ4n) is 9.39. The molecule has 0 spiro atoms. The number of methoxy groups -OCH3 is 1. The zero-order chi connectivity index (χ0) is 42.1. The molecule has 2 heterocycles. The molecule has 3 N–H and O–H groups in total. The summed E-state index contributed by atoms with van der Waals surface area (Å²) in [5, 5.41) is 27.2. The van der Waals surface area contributed by atoms with Crippen LogP contribution in [0.1, 0.15) is 67.6 Å². The lowest BCUT2D eigenvalue weighted by atomic mass is 9.55. The predicted octanol–water partition coefficient (Wildman–Crippen LogP) is 7.24. The highest BCUT2D eigenvalue weighted by molar-refractivity contribution is 6.03. The fraction of sp³-hybridized carbons (Fsp3) is 0.457. The van der Waals surface area contributed by atoms with Crippen molar-refractivity contribution < 1.29 is 53.1 Å². The summed E-state index contributed by atoms with van der Waals surface area (Å²) in [7, 11) is 2.84. The van der Waals surface area contributed by atoms with Crippen LogP contribution in [-0.2, 0) is 27.4 Å². The summed E-state index contributed by atoms with van der Waals surface area (Å²) in [5.41, 5.74) is 4.03. The number of nitrogens with zero attached hydrogens (tertiary/aromatic N) is 2. The Hall–Kier alpha value is -5.57. The third kappa shape index (κ3) is 8.96. The normalized spacial score (nSPS) is 24.0. The van der Waals surface area contributed by atoms with Crippen LogP contribution in [0.4, 0.5) is 9.59 Å². The summed E-state index contributed by atoms with van der Waals surface area (Å²) in [4.78, 5) is 34.5. The van der Waals surface area contributed by atoms with Gasteiger partial charge in [0.1, 0.15) is 24.7 Å². The number of fused-ring (bicyclic) bond motifs is 3. The highest BCUT2D eigenvalue weighted by atomic mass is 16.7. The van der Waals surface area contributed by atoms with Gasteiger partial charge in [0.2, 0.25) is 12.6 Å². The number of oxime groups is 1. The first-order valence-corrected chi connectivity index (χ1v) is 20.7. The zero-order valence-corrected chi connectivity index (χ0v) is 34.3. The average Bonchev–Trinajstić information content (AvgIpc) is 3.74. The number of ether oxygens (including phenoxy) is 6. The molecule has 320 valence electrons. The Kier molecular flexibility index (Phi) is 13.9. The van der Waals surface area contributed by atoms with Crippen molar-refractivity contribution in [3.8, 4) is 23.0 Å². The number of allylic oxidation sites excluding steroid dienone is 1. The lowest BCUT2D eigenvalue weighted by Gasteiger charge is -2.59. The molecule has 0 unspecified atom stereocenters. The Balaban J connectivity index is 1.37. The maximum absolute atomic E-state index is 14.2. The summed E-state index contributed by atoms with van der Waals surface area (Å²) in [5.74, 6) is -0.335. The maximum atomic E-state index is 14.2. The summed E-state index contributed by atoms with van der Waals surface area (Å²) in [6, 6.07) is 19.7. The van der Waals surface area contributed by atoms with Gasteiger partial charge in [0, 0.05) is 44.2 Å². The van der Waals surface area contributed by atoms with E-state index in [4.69, 9.17) is 33.3 Å². The van der Waals surface area contributed by atoms with Crippen LogP contribution in [0.5, 0.6) is 23.0 Å². The number of hydrogen-bond acceptors (Lipinski definition) is 12. The number of rotatable bonds is 18. The SMILES string of the molecule is C=CCO[C@@]12Oc3ccc(OC(=O)NCc4ccccc4)cc3[C@H]3[C@H](CCCCO)[C@@H](CCCCO)C=C(C(=NOC)C[C@@H]1N(Cc1ccc4c(c1)OCO4)C(=O)OC)[C@H]32. The number of carbonyl (C=O) groups is 2. The third-order valence-electron chi connectivity index (χ3n) is 11.9. The number of benzene rings is 3. The van der Waals surface area contributed by atoms with E-state index >= 15 is 0 Å². The Bertz CT molecular complexity index is 2040. The average molecular weight is 826 g/mol. The first-order valence-electron chi connectivity index (χ1n) is 20.7. The number of nitrogens with one attached hydrogen (secondary N) is 1. The molecule has 7 rings (SSSR count). The van der Waals surface area contributed by atoms with Gasteiger partial charge < -0.3 is 48.8 Å². The molecular weight excluding hydrogens is 771 g/mol. The number of amides is 2. The fourth-order valence-corrected chi connectivity index (χ4v) is 9.39. The summed E-state index contributed by atoms with van der Waals surface area (Å²) < 4.78 is 36.9. The Labute approximate surface area is 350 Å². The molecule has 0 saturated heterocycles. The topological polar surface area (TPSA) is 167 Å². The van der Waals surface area contributed by atoms with Gasteiger partial charge in [0.15, 0.2) is 11.5 Å². The highest BCUT2D eigenvalue weighted by Gasteiger charge is 2.65. The first kappa shape index (κ1) is 42.6. The van der Waals surface area contributed by atoms with Crippen LogP contribution in [0, 0.1) is 17.8 Å². The van der Waals surface area contributed by atoms with E-state index in [0.29, 0.717) is 48.1 Å². The monoisotopic (exact) mass is 825 g/mol. The van der Waals surface area contributed by atoms with Gasteiger partial charge in [-0.3, -0.25) is 4.90 Å². The van der Waals surface area contributed by atoms with Crippen LogP contribution in [0.3, 0.4) is 0 Å². The van der Waals surface area contributed by atoms with Crippen LogP contribution in [0.15, 0.2) is 96.2 Å². The summed E-state index contributed by atoms with van der Waals surface area (Å²) in [6.07, 6.45) is 7.24. The number of aliphatic hydroxyl groups excluding tert-OH is 2. The van der Waals surface area contributed by atoms with E-state index < -0.39 is 29.9 Å². The van der Waals surface area contributed by atoms with Crippen molar-refractivity contribution in [2.45, 2.75) is 75.8 Å². The van der Waals surface area contributed by atoms with Crippen molar-refractivity contribution in [3.05, 3.63) is 108 Å². The van der Waals surface area contributed by atoms with Gasteiger partial charge in [-0.25, -0.2) is 9.59 Å². The molecule has 4 aliphatic rings. The van der Waals surface area contributed by atoms with Crippen molar-refractivity contribution in [2.24, 2.45) is 22.9 Å². The second kappa shape index (κ2) is 19.7. The molecule has 2 aliphatic heterocycles. The van der Waals surface area contributed by atoms with E-state index in [0.717, 1.165) is 47.9 Å². The molecule has 6 atom stereocenters. The van der Waals surface area contributed by atoms with Gasteiger partial charge >= 0.3 is 12.2 Å². The quantitative estimate of drug-likeness (QED) is 0.0673. The smallest absolute Gasteiger partial charge is 0.412 e. The van der Waals surface area contributed by atoms with Crippen molar-refractivity contribution in [1.82, 2.24) is 10.2 Å². The van der Waals surface area contributed by atoms with Crippen molar-refractivity contribution in [2.75, 3.05) is 40.8 Å². The Morgan fingerprint density at radius 1 is 0.950 bits per heavy atom. The van der Waals surface area contributed by atoms with E-state index in [9.17, 15) is 19.8 Å². The minimum absolute atomic E-state index is 0.0245. The van der Waals surface area contributed by atoms with Gasteiger partial charge in [-0.05, 0) is 84.6 Å². The van der Waals surface area contributed by atoms with Crippen molar-refractivity contribution in [1.29, 1.82) is 0 Å². The molecule has 60 heavy (non-hydrogen) atoms. The molecule has 2 aliphatic carbocycles. The lowest BCUT2D eigenvalue weighted by molar-refractivity contribution is -0.256. The van der Waals surface area contributed by atoms with E-state index in [2.05, 4.69) is 23.1 Å². The molecule has 3 aromatic carbocycles. The molecule has 2 amide bonds. The molecule has 14 heteroatoms. The molecule has 1 fully saturated rings. The standard InChI is InChI=1S/C46H55N3O11/c1-4-22-58-46-41(49(45(53)54-2)28-31-16-18-39-40(23-31)57-29-56-39)26-37(48-55-3)35-24-32(14-8-10-20-50)34(15-9-11-21-51)42(43(35)46)36-25-33(17-19-38(36)60-46)59-44(52)47-27-30-12-6-5-7-13-30/h4-7,12-13,16-19,23-25,32,34,41-43,50-51H,1,8-11,14-15,20-22,26-29H2,2-3H3,(H,47,52)/t32-,34+,41-,42+,43+,46+/m0/s1. The third-order valence-corrected chi connectivity index (χ3v) is 11.9.